The summed E-state index contributed by atoms with van der Waals surface area (Å²) < 4.78 is 24.3. The van der Waals surface area contributed by atoms with Gasteiger partial charge >= 0.3 is 0 Å². The van der Waals surface area contributed by atoms with Crippen LogP contribution in [0.2, 0.25) is 4.34 Å². The van der Waals surface area contributed by atoms with Crippen LogP contribution in [0.25, 0.3) is 10.7 Å². The van der Waals surface area contributed by atoms with Gasteiger partial charge in [0.2, 0.25) is 0 Å². The fraction of sp³-hybridized carbons (Fsp3) is 0.375. The highest BCUT2D eigenvalue weighted by atomic mass is 35.5. The maximum absolute atomic E-state index is 12.5. The number of ether oxygens (including phenoxy) is 2. The minimum Gasteiger partial charge on any atom is -0.484 e. The van der Waals surface area contributed by atoms with Crippen LogP contribution in [0.5, 0.6) is 5.75 Å². The number of thiophene rings is 1. The van der Waals surface area contributed by atoms with Crippen LogP contribution in [0, 0.1) is 0 Å². The highest BCUT2D eigenvalue weighted by Crippen LogP contribution is 2.41. The summed E-state index contributed by atoms with van der Waals surface area (Å²) in [5.74, 6) is 2.88. The Morgan fingerprint density at radius 1 is 1.14 bits per heavy atom. The zero-order valence-corrected chi connectivity index (χ0v) is 21.3. The van der Waals surface area contributed by atoms with E-state index >= 15 is 0 Å². The van der Waals surface area contributed by atoms with Crippen molar-refractivity contribution in [1.82, 2.24) is 14.9 Å². The molecule has 3 aliphatic rings. The Balaban J connectivity index is 1.29. The third kappa shape index (κ3) is 4.55. The number of halogens is 1. The van der Waals surface area contributed by atoms with Crippen LogP contribution in [0.1, 0.15) is 16.8 Å². The molecule has 0 aliphatic carbocycles. The van der Waals surface area contributed by atoms with Gasteiger partial charge in [-0.3, -0.25) is 9.00 Å². The minimum absolute atomic E-state index is 0.00996. The Labute approximate surface area is 214 Å². The first kappa shape index (κ1) is 22.9. The van der Waals surface area contributed by atoms with E-state index in [2.05, 4.69) is 4.90 Å². The van der Waals surface area contributed by atoms with E-state index in [-0.39, 0.29) is 12.5 Å². The number of carbonyl (C=O) groups is 1. The van der Waals surface area contributed by atoms with Crippen LogP contribution in [0.15, 0.2) is 30.3 Å². The standard InChI is InChI=1S/C24H23ClN4O4S2/c25-21-4-3-20(34-21)23-26-18-14-35(31)13-17(18)24(27-23)29-6-5-15-1-2-16(11-19(15)29)33-12-22(30)28-7-9-32-10-8-28/h1-4,11H,5-10,12-14H2. The number of nitrogens with zero attached hydrogens (tertiary/aromatic N) is 4. The number of fused-ring (bicyclic) bond motifs is 2. The van der Waals surface area contributed by atoms with Crippen molar-refractivity contribution in [2.24, 2.45) is 0 Å². The molecule has 1 amide bonds. The highest BCUT2D eigenvalue weighted by Gasteiger charge is 2.31. The first-order valence-electron chi connectivity index (χ1n) is 11.4. The lowest BCUT2D eigenvalue weighted by molar-refractivity contribution is -0.137. The number of hydrogen-bond acceptors (Lipinski definition) is 8. The SMILES string of the molecule is O=C(COc1ccc2c(c1)N(c1nc(-c3ccc(Cl)s3)nc3c1CS(=O)C3)CC2)N1CCOCC1. The number of rotatable bonds is 5. The first-order valence-corrected chi connectivity index (χ1v) is 14.1. The third-order valence-corrected chi connectivity index (χ3v) is 8.83. The van der Waals surface area contributed by atoms with E-state index in [4.69, 9.17) is 31.0 Å². The highest BCUT2D eigenvalue weighted by molar-refractivity contribution is 7.83. The molecular weight excluding hydrogens is 508 g/mol. The zero-order chi connectivity index (χ0) is 23.9. The molecule has 6 rings (SSSR count). The molecular formula is C24H23ClN4O4S2. The van der Waals surface area contributed by atoms with Crippen molar-refractivity contribution in [2.45, 2.75) is 17.9 Å². The molecule has 0 saturated carbocycles. The second kappa shape index (κ2) is 9.50. The van der Waals surface area contributed by atoms with Crippen molar-refractivity contribution in [1.29, 1.82) is 0 Å². The lowest BCUT2D eigenvalue weighted by Crippen LogP contribution is -2.42. The Morgan fingerprint density at radius 2 is 2.00 bits per heavy atom. The van der Waals surface area contributed by atoms with Crippen molar-refractivity contribution in [3.8, 4) is 16.5 Å². The predicted octanol–water partition coefficient (Wildman–Crippen LogP) is 3.55. The number of amides is 1. The summed E-state index contributed by atoms with van der Waals surface area (Å²) in [6.45, 7) is 3.06. The lowest BCUT2D eigenvalue weighted by atomic mass is 10.1. The molecule has 8 nitrogen and oxygen atoms in total. The molecule has 1 unspecified atom stereocenters. The van der Waals surface area contributed by atoms with Crippen molar-refractivity contribution in [3.05, 3.63) is 51.5 Å². The zero-order valence-electron chi connectivity index (χ0n) is 18.9. The average Bonchev–Trinajstić information content (AvgIpc) is 3.59. The van der Waals surface area contributed by atoms with E-state index < -0.39 is 10.8 Å². The number of hydrogen-bond donors (Lipinski definition) is 0. The van der Waals surface area contributed by atoms with Crippen LogP contribution in [-0.2, 0) is 38.3 Å². The fourth-order valence-electron chi connectivity index (χ4n) is 4.63. The van der Waals surface area contributed by atoms with Crippen molar-refractivity contribution >= 4 is 51.1 Å². The Bertz CT molecular complexity index is 1320. The second-order valence-electron chi connectivity index (χ2n) is 8.60. The summed E-state index contributed by atoms with van der Waals surface area (Å²) in [5, 5.41) is 0. The number of carbonyl (C=O) groups excluding carboxylic acids is 1. The van der Waals surface area contributed by atoms with E-state index in [1.165, 1.54) is 16.9 Å². The van der Waals surface area contributed by atoms with Crippen molar-refractivity contribution in [2.75, 3.05) is 44.4 Å². The maximum atomic E-state index is 12.5. The van der Waals surface area contributed by atoms with Crippen LogP contribution >= 0.6 is 22.9 Å². The summed E-state index contributed by atoms with van der Waals surface area (Å²) in [4.78, 5) is 27.0. The molecule has 182 valence electrons. The van der Waals surface area contributed by atoms with Crippen LogP contribution in [0.3, 0.4) is 0 Å². The molecule has 5 heterocycles. The van der Waals surface area contributed by atoms with E-state index in [1.807, 2.05) is 30.3 Å². The van der Waals surface area contributed by atoms with E-state index in [9.17, 15) is 9.00 Å². The van der Waals surface area contributed by atoms with Gasteiger partial charge < -0.3 is 19.3 Å². The molecule has 0 radical (unpaired) electrons. The van der Waals surface area contributed by atoms with Gasteiger partial charge in [0.25, 0.3) is 5.91 Å². The van der Waals surface area contributed by atoms with Crippen molar-refractivity contribution < 1.29 is 18.5 Å². The van der Waals surface area contributed by atoms with Crippen LogP contribution in [0.4, 0.5) is 11.5 Å². The third-order valence-electron chi connectivity index (χ3n) is 6.40. The summed E-state index contributed by atoms with van der Waals surface area (Å²) in [7, 11) is -0.990. The Hall–Kier alpha value is -2.53. The van der Waals surface area contributed by atoms with Gasteiger partial charge in [0.15, 0.2) is 12.4 Å². The van der Waals surface area contributed by atoms with Crippen LogP contribution < -0.4 is 9.64 Å². The smallest absolute Gasteiger partial charge is 0.260 e. The van der Waals surface area contributed by atoms with Crippen LogP contribution in [-0.4, -0.2) is 64.4 Å². The monoisotopic (exact) mass is 530 g/mol. The average molecular weight is 531 g/mol. The van der Waals surface area contributed by atoms with E-state index in [0.29, 0.717) is 53.7 Å². The molecule has 0 spiro atoms. The van der Waals surface area contributed by atoms with Gasteiger partial charge in [0.05, 0.1) is 39.6 Å². The minimum atomic E-state index is -0.990. The van der Waals surface area contributed by atoms with E-state index in [1.54, 1.807) is 4.90 Å². The van der Waals surface area contributed by atoms with Gasteiger partial charge in [-0.2, -0.15) is 0 Å². The second-order valence-corrected chi connectivity index (χ2v) is 11.8. The van der Waals surface area contributed by atoms with Gasteiger partial charge in [-0.1, -0.05) is 17.7 Å². The lowest BCUT2D eigenvalue weighted by Gasteiger charge is -2.26. The molecule has 11 heteroatoms. The first-order chi connectivity index (χ1) is 17.0. The maximum Gasteiger partial charge on any atom is 0.260 e. The van der Waals surface area contributed by atoms with E-state index in [0.717, 1.165) is 40.6 Å². The normalized spacial score (nSPS) is 19.1. The summed E-state index contributed by atoms with van der Waals surface area (Å²) in [5.41, 5.74) is 3.96. The van der Waals surface area contributed by atoms with Gasteiger partial charge in [-0.05, 0) is 30.2 Å². The molecule has 0 bridgehead atoms. The number of morpholine rings is 1. The molecule has 2 aromatic heterocycles. The quantitative estimate of drug-likeness (QED) is 0.498. The molecule has 35 heavy (non-hydrogen) atoms. The molecule has 1 fully saturated rings. The number of benzene rings is 1. The molecule has 1 saturated heterocycles. The topological polar surface area (TPSA) is 84.9 Å². The summed E-state index contributed by atoms with van der Waals surface area (Å²) in [6, 6.07) is 9.68. The molecule has 0 N–H and O–H groups in total. The fourth-order valence-corrected chi connectivity index (χ4v) is 6.88. The molecule has 3 aromatic rings. The van der Waals surface area contributed by atoms with Crippen molar-refractivity contribution in [3.63, 3.8) is 0 Å². The molecule has 1 atom stereocenters. The number of anilines is 2. The molecule has 1 aromatic carbocycles. The number of aromatic nitrogens is 2. The largest absolute Gasteiger partial charge is 0.484 e. The Kier molecular flexibility index (Phi) is 6.21. The molecule has 3 aliphatic heterocycles. The van der Waals surface area contributed by atoms with Gasteiger partial charge in [0, 0.05) is 47.8 Å². The van der Waals surface area contributed by atoms with Gasteiger partial charge in [0.1, 0.15) is 11.6 Å². The summed E-state index contributed by atoms with van der Waals surface area (Å²) >= 11 is 7.59. The Morgan fingerprint density at radius 3 is 2.80 bits per heavy atom. The van der Waals surface area contributed by atoms with Gasteiger partial charge in [-0.25, -0.2) is 9.97 Å². The summed E-state index contributed by atoms with van der Waals surface area (Å²) in [6.07, 6.45) is 0.865. The predicted molar refractivity (Wildman–Crippen MR) is 136 cm³/mol. The van der Waals surface area contributed by atoms with Gasteiger partial charge in [-0.15, -0.1) is 11.3 Å².